The largest absolute Gasteiger partial charge is 0.387 e. The van der Waals surface area contributed by atoms with Crippen molar-refractivity contribution < 1.29 is 5.11 Å². The van der Waals surface area contributed by atoms with E-state index in [-0.39, 0.29) is 0 Å². The van der Waals surface area contributed by atoms with Gasteiger partial charge in [0.25, 0.3) is 0 Å². The molecule has 0 amide bonds. The van der Waals surface area contributed by atoms with E-state index in [0.29, 0.717) is 18.2 Å². The molecule has 108 valence electrons. The Morgan fingerprint density at radius 1 is 1.40 bits per heavy atom. The zero-order valence-corrected chi connectivity index (χ0v) is 12.3. The van der Waals surface area contributed by atoms with Gasteiger partial charge in [0.15, 0.2) is 0 Å². The zero-order chi connectivity index (χ0) is 14.5. The molecule has 1 aromatic carbocycles. The maximum absolute atomic E-state index is 10.3. The first-order valence-corrected chi connectivity index (χ1v) is 7.17. The van der Waals surface area contributed by atoms with Gasteiger partial charge in [0.2, 0.25) is 0 Å². The molecule has 4 heteroatoms. The molecule has 1 aliphatic heterocycles. The van der Waals surface area contributed by atoms with E-state index in [9.17, 15) is 5.11 Å². The van der Waals surface area contributed by atoms with Crippen molar-refractivity contribution in [2.24, 2.45) is 0 Å². The molecule has 20 heavy (non-hydrogen) atoms. The third kappa shape index (κ3) is 3.80. The normalized spacial score (nSPS) is 21.6. The van der Waals surface area contributed by atoms with Crippen LogP contribution in [0.5, 0.6) is 0 Å². The summed E-state index contributed by atoms with van der Waals surface area (Å²) in [5.74, 6) is 0. The van der Waals surface area contributed by atoms with Crippen molar-refractivity contribution in [3.8, 4) is 6.07 Å². The summed E-state index contributed by atoms with van der Waals surface area (Å²) in [5, 5.41) is 19.1. The molecule has 4 nitrogen and oxygen atoms in total. The number of benzene rings is 1. The summed E-state index contributed by atoms with van der Waals surface area (Å²) in [6.07, 6.45) is 1.93. The minimum atomic E-state index is -0.483. The zero-order valence-electron chi connectivity index (χ0n) is 12.3. The van der Waals surface area contributed by atoms with Crippen LogP contribution in [-0.2, 0) is 0 Å². The number of nitrogens with zero attached hydrogens (tertiary/aromatic N) is 3. The lowest BCUT2D eigenvalue weighted by Gasteiger charge is -2.37. The maximum Gasteiger partial charge on any atom is 0.0991 e. The molecule has 0 aromatic heterocycles. The lowest BCUT2D eigenvalue weighted by molar-refractivity contribution is 0.0722. The Morgan fingerprint density at radius 2 is 2.10 bits per heavy atom. The standard InChI is InChI=1S/C16H23N3O/c1-18(2)15-4-3-9-19(11-15)12-16(20)14-7-5-13(10-17)6-8-14/h5-8,15-16,20H,3-4,9,11-12H2,1-2H3. The molecule has 0 radical (unpaired) electrons. The van der Waals surface area contributed by atoms with Crippen molar-refractivity contribution in [1.82, 2.24) is 9.80 Å². The fraction of sp³-hybridized carbons (Fsp3) is 0.562. The Labute approximate surface area is 121 Å². The molecular weight excluding hydrogens is 250 g/mol. The molecule has 1 heterocycles. The summed E-state index contributed by atoms with van der Waals surface area (Å²) in [6.45, 7) is 2.73. The van der Waals surface area contributed by atoms with Gasteiger partial charge in [-0.1, -0.05) is 12.1 Å². The molecule has 1 aliphatic rings. The highest BCUT2D eigenvalue weighted by Crippen LogP contribution is 2.19. The van der Waals surface area contributed by atoms with Gasteiger partial charge < -0.3 is 10.0 Å². The van der Waals surface area contributed by atoms with Gasteiger partial charge in [0.1, 0.15) is 0 Å². The number of β-amino-alcohol motifs (C(OH)–C–C–N with tert-alkyl or cyclic N) is 1. The molecule has 1 fully saturated rings. The Kier molecular flexibility index (Phi) is 5.13. The number of hydrogen-bond acceptors (Lipinski definition) is 4. The predicted molar refractivity (Wildman–Crippen MR) is 79.3 cm³/mol. The van der Waals surface area contributed by atoms with Crippen LogP contribution >= 0.6 is 0 Å². The molecule has 1 saturated heterocycles. The lowest BCUT2D eigenvalue weighted by Crippen LogP contribution is -2.46. The van der Waals surface area contributed by atoms with E-state index in [1.807, 2.05) is 12.1 Å². The predicted octanol–water partition coefficient (Wildman–Crippen LogP) is 1.62. The molecule has 1 N–H and O–H groups in total. The quantitative estimate of drug-likeness (QED) is 0.905. The molecule has 1 aromatic rings. The van der Waals surface area contributed by atoms with Crippen molar-refractivity contribution in [2.45, 2.75) is 25.0 Å². The van der Waals surface area contributed by atoms with Gasteiger partial charge in [0.05, 0.1) is 17.7 Å². The number of aliphatic hydroxyl groups is 1. The second-order valence-corrected chi connectivity index (χ2v) is 5.77. The molecule has 0 aliphatic carbocycles. The van der Waals surface area contributed by atoms with Crippen LogP contribution in [0.25, 0.3) is 0 Å². The summed E-state index contributed by atoms with van der Waals surface area (Å²) in [7, 11) is 4.23. The number of piperidine rings is 1. The first-order valence-electron chi connectivity index (χ1n) is 7.17. The average molecular weight is 273 g/mol. The smallest absolute Gasteiger partial charge is 0.0991 e. The van der Waals surface area contributed by atoms with Crippen molar-refractivity contribution >= 4 is 0 Å². The fourth-order valence-corrected chi connectivity index (χ4v) is 2.75. The molecule has 0 spiro atoms. The summed E-state index contributed by atoms with van der Waals surface area (Å²) >= 11 is 0. The van der Waals surface area contributed by atoms with E-state index in [0.717, 1.165) is 18.7 Å². The van der Waals surface area contributed by atoms with Gasteiger partial charge >= 0.3 is 0 Å². The number of likely N-dealkylation sites (tertiary alicyclic amines) is 1. The second-order valence-electron chi connectivity index (χ2n) is 5.77. The summed E-state index contributed by atoms with van der Waals surface area (Å²) < 4.78 is 0. The van der Waals surface area contributed by atoms with Crippen LogP contribution in [0.15, 0.2) is 24.3 Å². The molecule has 2 atom stereocenters. The van der Waals surface area contributed by atoms with Gasteiger partial charge in [-0.15, -0.1) is 0 Å². The van der Waals surface area contributed by atoms with Gasteiger partial charge in [-0.2, -0.15) is 5.26 Å². The molecule has 0 bridgehead atoms. The first kappa shape index (κ1) is 15.0. The van der Waals surface area contributed by atoms with Crippen LogP contribution in [0.3, 0.4) is 0 Å². The molecule has 2 unspecified atom stereocenters. The second kappa shape index (κ2) is 6.85. The minimum absolute atomic E-state index is 0.483. The SMILES string of the molecule is CN(C)C1CCCN(CC(O)c2ccc(C#N)cc2)C1. The Bertz CT molecular complexity index is 464. The highest BCUT2D eigenvalue weighted by atomic mass is 16.3. The van der Waals surface area contributed by atoms with E-state index < -0.39 is 6.10 Å². The van der Waals surface area contributed by atoms with E-state index in [1.54, 1.807) is 12.1 Å². The van der Waals surface area contributed by atoms with Gasteiger partial charge in [-0.25, -0.2) is 0 Å². The Balaban J connectivity index is 1.93. The van der Waals surface area contributed by atoms with E-state index in [1.165, 1.54) is 12.8 Å². The van der Waals surface area contributed by atoms with Crippen LogP contribution in [0.1, 0.15) is 30.1 Å². The van der Waals surface area contributed by atoms with Crippen LogP contribution in [0, 0.1) is 11.3 Å². The summed E-state index contributed by atoms with van der Waals surface area (Å²) in [4.78, 5) is 4.59. The van der Waals surface area contributed by atoms with E-state index in [4.69, 9.17) is 5.26 Å². The van der Waals surface area contributed by atoms with Crippen LogP contribution in [-0.4, -0.2) is 54.7 Å². The maximum atomic E-state index is 10.3. The average Bonchev–Trinajstić information content (AvgIpc) is 2.47. The topological polar surface area (TPSA) is 50.5 Å². The monoisotopic (exact) mass is 273 g/mol. The van der Waals surface area contributed by atoms with Crippen molar-refractivity contribution in [3.63, 3.8) is 0 Å². The summed E-state index contributed by atoms with van der Waals surface area (Å²) in [5.41, 5.74) is 1.52. The van der Waals surface area contributed by atoms with Crippen LogP contribution in [0.2, 0.25) is 0 Å². The van der Waals surface area contributed by atoms with Gasteiger partial charge in [-0.3, -0.25) is 4.90 Å². The number of hydrogen-bond donors (Lipinski definition) is 1. The van der Waals surface area contributed by atoms with E-state index in [2.05, 4.69) is 30.0 Å². The first-order chi connectivity index (χ1) is 9.60. The van der Waals surface area contributed by atoms with Crippen molar-refractivity contribution in [3.05, 3.63) is 35.4 Å². The van der Waals surface area contributed by atoms with Crippen molar-refractivity contribution in [1.29, 1.82) is 5.26 Å². The number of likely N-dealkylation sites (N-methyl/N-ethyl adjacent to an activating group) is 1. The number of aliphatic hydroxyl groups excluding tert-OH is 1. The number of nitriles is 1. The molecular formula is C16H23N3O. The van der Waals surface area contributed by atoms with Crippen LogP contribution in [0.4, 0.5) is 0 Å². The lowest BCUT2D eigenvalue weighted by atomic mass is 10.0. The Morgan fingerprint density at radius 3 is 2.70 bits per heavy atom. The van der Waals surface area contributed by atoms with Crippen molar-refractivity contribution in [2.75, 3.05) is 33.7 Å². The Hall–Kier alpha value is -1.41. The third-order valence-corrected chi connectivity index (χ3v) is 4.07. The third-order valence-electron chi connectivity index (χ3n) is 4.07. The molecule has 0 saturated carbocycles. The molecule has 2 rings (SSSR count). The van der Waals surface area contributed by atoms with Gasteiger partial charge in [0, 0.05) is 19.1 Å². The fourth-order valence-electron chi connectivity index (χ4n) is 2.75. The van der Waals surface area contributed by atoms with E-state index >= 15 is 0 Å². The minimum Gasteiger partial charge on any atom is -0.387 e. The van der Waals surface area contributed by atoms with Crippen LogP contribution < -0.4 is 0 Å². The highest BCUT2D eigenvalue weighted by molar-refractivity contribution is 5.32. The number of rotatable bonds is 4. The summed E-state index contributed by atoms with van der Waals surface area (Å²) in [6, 6.07) is 9.89. The highest BCUT2D eigenvalue weighted by Gasteiger charge is 2.23. The van der Waals surface area contributed by atoms with Gasteiger partial charge in [-0.05, 0) is 51.2 Å².